The molecule has 0 spiro atoms. The van der Waals surface area contributed by atoms with E-state index in [1.807, 2.05) is 6.20 Å². The monoisotopic (exact) mass is 273 g/mol. The van der Waals surface area contributed by atoms with E-state index in [9.17, 15) is 0 Å². The molecule has 0 bridgehead atoms. The third-order valence-corrected chi connectivity index (χ3v) is 3.74. The van der Waals surface area contributed by atoms with Crippen molar-refractivity contribution in [3.05, 3.63) is 78.0 Å². The van der Waals surface area contributed by atoms with Gasteiger partial charge in [-0.25, -0.2) is 0 Å². The van der Waals surface area contributed by atoms with Crippen molar-refractivity contribution in [3.8, 4) is 22.4 Å². The van der Waals surface area contributed by atoms with E-state index in [1.54, 1.807) is 0 Å². The molecule has 1 heteroatoms. The second-order valence-corrected chi connectivity index (χ2v) is 5.36. The van der Waals surface area contributed by atoms with Crippen molar-refractivity contribution >= 4 is 0 Å². The Morgan fingerprint density at radius 3 is 2.24 bits per heavy atom. The summed E-state index contributed by atoms with van der Waals surface area (Å²) < 4.78 is 0. The summed E-state index contributed by atoms with van der Waals surface area (Å²) in [5.74, 6) is 0. The molecule has 3 rings (SSSR count). The molecule has 0 atom stereocenters. The normalized spacial score (nSPS) is 10.6. The summed E-state index contributed by atoms with van der Waals surface area (Å²) in [5, 5.41) is 0. The third kappa shape index (κ3) is 3.03. The summed E-state index contributed by atoms with van der Waals surface area (Å²) in [6, 6.07) is 21.5. The number of hydrogen-bond acceptors (Lipinski definition) is 1. The van der Waals surface area contributed by atoms with Crippen LogP contribution in [0.2, 0.25) is 0 Å². The van der Waals surface area contributed by atoms with Crippen LogP contribution in [0.1, 0.15) is 18.1 Å². The van der Waals surface area contributed by atoms with Gasteiger partial charge in [-0.1, -0.05) is 55.5 Å². The maximum Gasteiger partial charge on any atom is 0.0702 e. The standard InChI is InChI=1S/C20H19N/c1-3-16-6-4-7-17(12-16)18-8-5-9-19(13-18)20-11-10-15(2)14-21-20/h4-14H,3H2,1-2H3. The summed E-state index contributed by atoms with van der Waals surface area (Å²) in [6.07, 6.45) is 2.98. The first kappa shape index (κ1) is 13.6. The van der Waals surface area contributed by atoms with Crippen LogP contribution in [0.25, 0.3) is 22.4 Å². The van der Waals surface area contributed by atoms with Crippen molar-refractivity contribution in [1.29, 1.82) is 0 Å². The van der Waals surface area contributed by atoms with Crippen molar-refractivity contribution < 1.29 is 0 Å². The summed E-state index contributed by atoms with van der Waals surface area (Å²) in [6.45, 7) is 4.25. The highest BCUT2D eigenvalue weighted by Gasteiger charge is 2.03. The Kier molecular flexibility index (Phi) is 3.83. The second kappa shape index (κ2) is 5.92. The van der Waals surface area contributed by atoms with Crippen LogP contribution in [0.5, 0.6) is 0 Å². The fraction of sp³-hybridized carbons (Fsp3) is 0.150. The van der Waals surface area contributed by atoms with Crippen molar-refractivity contribution in [3.63, 3.8) is 0 Å². The van der Waals surface area contributed by atoms with Crippen LogP contribution in [0.4, 0.5) is 0 Å². The zero-order valence-corrected chi connectivity index (χ0v) is 12.5. The van der Waals surface area contributed by atoms with Crippen molar-refractivity contribution in [2.45, 2.75) is 20.3 Å². The van der Waals surface area contributed by atoms with Crippen LogP contribution in [0.15, 0.2) is 66.9 Å². The van der Waals surface area contributed by atoms with E-state index in [2.05, 4.69) is 79.5 Å². The van der Waals surface area contributed by atoms with E-state index in [4.69, 9.17) is 0 Å². The Morgan fingerprint density at radius 2 is 1.52 bits per heavy atom. The maximum atomic E-state index is 4.52. The van der Waals surface area contributed by atoms with Gasteiger partial charge in [0.2, 0.25) is 0 Å². The number of nitrogens with zero attached hydrogens (tertiary/aromatic N) is 1. The lowest BCUT2D eigenvalue weighted by molar-refractivity contribution is 1.14. The first-order chi connectivity index (χ1) is 10.3. The molecular formula is C20H19N. The molecule has 0 aliphatic carbocycles. The van der Waals surface area contributed by atoms with Gasteiger partial charge in [-0.2, -0.15) is 0 Å². The van der Waals surface area contributed by atoms with E-state index >= 15 is 0 Å². The molecule has 104 valence electrons. The SMILES string of the molecule is CCc1cccc(-c2cccc(-c3ccc(C)cn3)c2)c1. The predicted octanol–water partition coefficient (Wildman–Crippen LogP) is 5.29. The van der Waals surface area contributed by atoms with Crippen LogP contribution in [0, 0.1) is 6.92 Å². The first-order valence-electron chi connectivity index (χ1n) is 7.38. The highest BCUT2D eigenvalue weighted by atomic mass is 14.7. The number of pyridine rings is 1. The van der Waals surface area contributed by atoms with E-state index in [0.29, 0.717) is 0 Å². The maximum absolute atomic E-state index is 4.52. The van der Waals surface area contributed by atoms with Gasteiger partial charge >= 0.3 is 0 Å². The highest BCUT2D eigenvalue weighted by molar-refractivity contribution is 5.71. The number of benzene rings is 2. The molecule has 0 aliphatic rings. The molecule has 1 nitrogen and oxygen atoms in total. The Bertz CT molecular complexity index is 742. The van der Waals surface area contributed by atoms with Crippen LogP contribution >= 0.6 is 0 Å². The molecule has 0 saturated carbocycles. The molecule has 0 amide bonds. The lowest BCUT2D eigenvalue weighted by Gasteiger charge is -2.07. The fourth-order valence-corrected chi connectivity index (χ4v) is 2.47. The highest BCUT2D eigenvalue weighted by Crippen LogP contribution is 2.26. The molecule has 1 aromatic heterocycles. The Hall–Kier alpha value is -2.41. The predicted molar refractivity (Wildman–Crippen MR) is 89.2 cm³/mol. The molecule has 2 aromatic carbocycles. The zero-order valence-electron chi connectivity index (χ0n) is 12.5. The molecule has 1 heterocycles. The van der Waals surface area contributed by atoms with E-state index in [-0.39, 0.29) is 0 Å². The Balaban J connectivity index is 2.01. The second-order valence-electron chi connectivity index (χ2n) is 5.36. The van der Waals surface area contributed by atoms with Crippen LogP contribution in [0.3, 0.4) is 0 Å². The topological polar surface area (TPSA) is 12.9 Å². The fourth-order valence-electron chi connectivity index (χ4n) is 2.47. The average molecular weight is 273 g/mol. The molecular weight excluding hydrogens is 254 g/mol. The number of hydrogen-bond donors (Lipinski definition) is 0. The Labute approximate surface area is 126 Å². The van der Waals surface area contributed by atoms with Gasteiger partial charge < -0.3 is 0 Å². The number of aromatic nitrogens is 1. The summed E-state index contributed by atoms with van der Waals surface area (Å²) in [5.41, 5.74) is 7.24. The van der Waals surface area contributed by atoms with Crippen LogP contribution in [-0.2, 0) is 6.42 Å². The van der Waals surface area contributed by atoms with Gasteiger partial charge in [0.25, 0.3) is 0 Å². The lowest BCUT2D eigenvalue weighted by atomic mass is 9.99. The molecule has 0 aliphatic heterocycles. The summed E-state index contributed by atoms with van der Waals surface area (Å²) in [4.78, 5) is 4.52. The average Bonchev–Trinajstić information content (AvgIpc) is 2.56. The van der Waals surface area contributed by atoms with E-state index < -0.39 is 0 Å². The largest absolute Gasteiger partial charge is 0.256 e. The molecule has 0 saturated heterocycles. The number of aryl methyl sites for hydroxylation is 2. The van der Waals surface area contributed by atoms with Crippen LogP contribution < -0.4 is 0 Å². The van der Waals surface area contributed by atoms with Gasteiger partial charge in [0.05, 0.1) is 5.69 Å². The van der Waals surface area contributed by atoms with Gasteiger partial charge in [-0.15, -0.1) is 0 Å². The summed E-state index contributed by atoms with van der Waals surface area (Å²) in [7, 11) is 0. The van der Waals surface area contributed by atoms with Gasteiger partial charge in [0, 0.05) is 11.8 Å². The molecule has 0 radical (unpaired) electrons. The summed E-state index contributed by atoms with van der Waals surface area (Å²) >= 11 is 0. The van der Waals surface area contributed by atoms with Crippen molar-refractivity contribution in [2.24, 2.45) is 0 Å². The van der Waals surface area contributed by atoms with Gasteiger partial charge in [-0.3, -0.25) is 4.98 Å². The molecule has 0 unspecified atom stereocenters. The Morgan fingerprint density at radius 1 is 0.810 bits per heavy atom. The van der Waals surface area contributed by atoms with Crippen LogP contribution in [-0.4, -0.2) is 4.98 Å². The third-order valence-electron chi connectivity index (χ3n) is 3.74. The minimum atomic E-state index is 1.02. The van der Waals surface area contributed by atoms with E-state index in [0.717, 1.165) is 17.7 Å². The minimum absolute atomic E-state index is 1.02. The smallest absolute Gasteiger partial charge is 0.0702 e. The van der Waals surface area contributed by atoms with Crippen molar-refractivity contribution in [2.75, 3.05) is 0 Å². The molecule has 0 fully saturated rings. The molecule has 0 N–H and O–H groups in total. The van der Waals surface area contributed by atoms with Crippen molar-refractivity contribution in [1.82, 2.24) is 4.98 Å². The lowest BCUT2D eigenvalue weighted by Crippen LogP contribution is -1.86. The first-order valence-corrected chi connectivity index (χ1v) is 7.38. The van der Waals surface area contributed by atoms with Gasteiger partial charge in [0.1, 0.15) is 0 Å². The molecule has 3 aromatic rings. The minimum Gasteiger partial charge on any atom is -0.256 e. The van der Waals surface area contributed by atoms with E-state index in [1.165, 1.54) is 22.3 Å². The number of rotatable bonds is 3. The zero-order chi connectivity index (χ0) is 14.7. The quantitative estimate of drug-likeness (QED) is 0.632. The van der Waals surface area contributed by atoms with Gasteiger partial charge in [0.15, 0.2) is 0 Å². The molecule has 21 heavy (non-hydrogen) atoms. The van der Waals surface area contributed by atoms with Gasteiger partial charge in [-0.05, 0) is 47.7 Å².